The standard InChI is InChI=1S/C3H6O.CHNS.H3N/c1-3(2)4;2-1-3;/h1-2H3;3H;1H3. The fourth-order valence-corrected chi connectivity index (χ4v) is 0. The second-order valence-electron chi connectivity index (χ2n) is 1.01. The number of thiol groups is 1. The summed E-state index contributed by atoms with van der Waals surface area (Å²) < 4.78 is 0. The highest BCUT2D eigenvalue weighted by Crippen LogP contribution is 1.50. The highest BCUT2D eigenvalue weighted by Gasteiger charge is 1.62. The Morgan fingerprint density at radius 3 is 1.62 bits per heavy atom. The van der Waals surface area contributed by atoms with Crippen LogP contribution in [0, 0.1) is 10.7 Å². The van der Waals surface area contributed by atoms with Gasteiger partial charge in [-0.3, -0.25) is 0 Å². The normalized spacial score (nSPS) is 4.25. The molecule has 0 aliphatic carbocycles. The van der Waals surface area contributed by atoms with Crippen molar-refractivity contribution < 1.29 is 4.79 Å². The zero-order valence-electron chi connectivity index (χ0n) is 5.01. The lowest BCUT2D eigenvalue weighted by molar-refractivity contribution is -0.114. The summed E-state index contributed by atoms with van der Waals surface area (Å²) in [6.07, 6.45) is 0. The Hall–Kier alpha value is -0.530. The number of carbonyl (C=O) groups is 1. The van der Waals surface area contributed by atoms with Gasteiger partial charge in [0.2, 0.25) is 0 Å². The molecule has 0 amide bonds. The van der Waals surface area contributed by atoms with Crippen molar-refractivity contribution in [2.45, 2.75) is 13.8 Å². The summed E-state index contributed by atoms with van der Waals surface area (Å²) in [6.45, 7) is 3.06. The third kappa shape index (κ3) is 389. The van der Waals surface area contributed by atoms with E-state index in [0.29, 0.717) is 0 Å². The number of ketones is 1. The van der Waals surface area contributed by atoms with E-state index in [0.717, 1.165) is 0 Å². The van der Waals surface area contributed by atoms with Crippen LogP contribution < -0.4 is 6.15 Å². The fraction of sp³-hybridized carbons (Fsp3) is 0.500. The monoisotopic (exact) mass is 134 g/mol. The first kappa shape index (κ1) is 15.6. The second kappa shape index (κ2) is 16.1. The van der Waals surface area contributed by atoms with E-state index in [1.807, 2.05) is 0 Å². The largest absolute Gasteiger partial charge is 0.344 e. The fourth-order valence-electron chi connectivity index (χ4n) is 0. The number of nitriles is 1. The molecule has 0 aromatic heterocycles. The van der Waals surface area contributed by atoms with Crippen LogP contribution in [0.3, 0.4) is 0 Å². The molecule has 8 heavy (non-hydrogen) atoms. The van der Waals surface area contributed by atoms with Gasteiger partial charge in [0, 0.05) is 0 Å². The number of hydrogen-bond acceptors (Lipinski definition) is 4. The number of rotatable bonds is 0. The average molecular weight is 134 g/mol. The minimum Gasteiger partial charge on any atom is -0.344 e. The Bertz CT molecular complexity index is 82.5. The number of Topliss-reactive ketones (excluding diaryl/α,β-unsaturated/α-hetero) is 1. The summed E-state index contributed by atoms with van der Waals surface area (Å²) in [5.41, 5.74) is 0. The highest BCUT2D eigenvalue weighted by atomic mass is 32.1. The lowest BCUT2D eigenvalue weighted by Gasteiger charge is -1.56. The molecular weight excluding hydrogens is 124 g/mol. The molecule has 0 spiro atoms. The van der Waals surface area contributed by atoms with Crippen LogP contribution in [0.4, 0.5) is 0 Å². The topological polar surface area (TPSA) is 75.9 Å². The van der Waals surface area contributed by atoms with Crippen molar-refractivity contribution in [3.63, 3.8) is 0 Å². The van der Waals surface area contributed by atoms with Crippen molar-refractivity contribution >= 4 is 18.4 Å². The highest BCUT2D eigenvalue weighted by molar-refractivity contribution is 7.85. The number of thiocyanates is 1. The van der Waals surface area contributed by atoms with Crippen molar-refractivity contribution in [1.82, 2.24) is 6.15 Å². The summed E-state index contributed by atoms with van der Waals surface area (Å²) in [7, 11) is 0. The molecule has 0 rings (SSSR count). The molecule has 0 saturated carbocycles. The lowest BCUT2D eigenvalue weighted by atomic mass is 10.6. The minimum absolute atomic E-state index is 0. The molecule has 48 valence electrons. The predicted octanol–water partition coefficient (Wildman–Crippen LogP) is 1.15. The van der Waals surface area contributed by atoms with Gasteiger partial charge in [-0.25, -0.2) is 0 Å². The van der Waals surface area contributed by atoms with Crippen molar-refractivity contribution in [2.24, 2.45) is 0 Å². The molecular formula is C4H10N2OS. The van der Waals surface area contributed by atoms with Crippen molar-refractivity contribution in [1.29, 1.82) is 5.26 Å². The first-order chi connectivity index (χ1) is 3.15. The molecule has 0 aliphatic heterocycles. The predicted molar refractivity (Wildman–Crippen MR) is 36.0 cm³/mol. The molecule has 0 bridgehead atoms. The van der Waals surface area contributed by atoms with Crippen LogP contribution in [-0.4, -0.2) is 5.78 Å². The van der Waals surface area contributed by atoms with Crippen LogP contribution in [0.25, 0.3) is 0 Å². The zero-order chi connectivity index (χ0) is 6.28. The third-order valence-corrected chi connectivity index (χ3v) is 0. The van der Waals surface area contributed by atoms with Crippen LogP contribution in [-0.2, 0) is 4.79 Å². The van der Waals surface area contributed by atoms with E-state index in [1.165, 1.54) is 19.2 Å². The number of hydrogen-bond donors (Lipinski definition) is 2. The van der Waals surface area contributed by atoms with Gasteiger partial charge in [-0.05, 0) is 13.8 Å². The molecule has 3 N–H and O–H groups in total. The quantitative estimate of drug-likeness (QED) is 0.385. The maximum Gasteiger partial charge on any atom is 0.130 e. The molecule has 0 unspecified atom stereocenters. The Morgan fingerprint density at radius 2 is 1.62 bits per heavy atom. The molecule has 0 aromatic rings. The Morgan fingerprint density at radius 1 is 1.62 bits per heavy atom. The zero-order valence-corrected chi connectivity index (χ0v) is 5.90. The summed E-state index contributed by atoms with van der Waals surface area (Å²) in [5, 5.41) is 8.63. The van der Waals surface area contributed by atoms with Gasteiger partial charge >= 0.3 is 0 Å². The summed E-state index contributed by atoms with van der Waals surface area (Å²) in [5.74, 6) is 0.167. The van der Waals surface area contributed by atoms with Gasteiger partial charge in [-0.1, -0.05) is 12.6 Å². The van der Waals surface area contributed by atoms with E-state index in [4.69, 9.17) is 5.26 Å². The van der Waals surface area contributed by atoms with Gasteiger partial charge in [-0.2, -0.15) is 5.26 Å². The average Bonchev–Trinajstić information content (AvgIpc) is 1.33. The van der Waals surface area contributed by atoms with Crippen LogP contribution in [0.1, 0.15) is 13.8 Å². The number of nitrogens with zero attached hydrogens (tertiary/aromatic N) is 1. The van der Waals surface area contributed by atoms with E-state index in [-0.39, 0.29) is 11.9 Å². The smallest absolute Gasteiger partial charge is 0.130 e. The van der Waals surface area contributed by atoms with Gasteiger partial charge in [0.25, 0.3) is 0 Å². The third-order valence-electron chi connectivity index (χ3n) is 0. The van der Waals surface area contributed by atoms with E-state index >= 15 is 0 Å². The van der Waals surface area contributed by atoms with Crippen LogP contribution in [0.15, 0.2) is 0 Å². The minimum atomic E-state index is 0. The van der Waals surface area contributed by atoms with Gasteiger partial charge in [0.05, 0.1) is 0 Å². The Labute approximate surface area is 54.7 Å². The van der Waals surface area contributed by atoms with E-state index in [1.54, 1.807) is 0 Å². The molecule has 3 nitrogen and oxygen atoms in total. The summed E-state index contributed by atoms with van der Waals surface area (Å²) in [4.78, 5) is 9.44. The summed E-state index contributed by atoms with van der Waals surface area (Å²) >= 11 is 3.09. The molecule has 0 heterocycles. The second-order valence-corrected chi connectivity index (χ2v) is 1.21. The Balaban J connectivity index is -0.0000000575. The van der Waals surface area contributed by atoms with Gasteiger partial charge in [0.15, 0.2) is 0 Å². The number of carbonyl (C=O) groups excluding carboxylic acids is 1. The van der Waals surface area contributed by atoms with E-state index in [2.05, 4.69) is 12.6 Å². The lowest BCUT2D eigenvalue weighted by Crippen LogP contribution is -1.69. The molecule has 0 radical (unpaired) electrons. The van der Waals surface area contributed by atoms with Crippen LogP contribution in [0.2, 0.25) is 0 Å². The van der Waals surface area contributed by atoms with Crippen LogP contribution in [0.5, 0.6) is 0 Å². The maximum atomic E-state index is 9.44. The van der Waals surface area contributed by atoms with Crippen LogP contribution >= 0.6 is 12.6 Å². The summed E-state index contributed by atoms with van der Waals surface area (Å²) in [6, 6.07) is 0. The molecule has 0 saturated heterocycles. The molecule has 0 aromatic carbocycles. The van der Waals surface area contributed by atoms with Gasteiger partial charge in [-0.15, -0.1) is 0 Å². The molecule has 4 heteroatoms. The van der Waals surface area contributed by atoms with E-state index in [9.17, 15) is 4.79 Å². The SMILES string of the molecule is CC(C)=O.N.N#CS. The Kier molecular flexibility index (Phi) is 31.5. The van der Waals surface area contributed by atoms with Gasteiger partial charge in [0.1, 0.15) is 11.2 Å². The van der Waals surface area contributed by atoms with Crippen molar-refractivity contribution in [3.05, 3.63) is 0 Å². The van der Waals surface area contributed by atoms with E-state index < -0.39 is 0 Å². The maximum absolute atomic E-state index is 9.44. The first-order valence-electron chi connectivity index (χ1n) is 1.65. The van der Waals surface area contributed by atoms with Gasteiger partial charge < -0.3 is 10.9 Å². The first-order valence-corrected chi connectivity index (χ1v) is 2.10. The molecule has 0 fully saturated rings. The van der Waals surface area contributed by atoms with Crippen molar-refractivity contribution in [2.75, 3.05) is 0 Å². The molecule has 0 aliphatic rings. The van der Waals surface area contributed by atoms with Crippen molar-refractivity contribution in [3.8, 4) is 5.40 Å². The molecule has 0 atom stereocenters.